The molecular formula is C22H29N5O3. The van der Waals surface area contributed by atoms with Gasteiger partial charge in [-0.15, -0.1) is 0 Å². The lowest BCUT2D eigenvalue weighted by atomic mass is 10.2. The molecular weight excluding hydrogens is 382 g/mol. The van der Waals surface area contributed by atoms with Crippen LogP contribution >= 0.6 is 0 Å². The van der Waals surface area contributed by atoms with Crippen LogP contribution in [-0.4, -0.2) is 31.8 Å². The van der Waals surface area contributed by atoms with Crippen molar-refractivity contribution in [3.8, 4) is 5.75 Å². The third-order valence-corrected chi connectivity index (χ3v) is 5.93. The smallest absolute Gasteiger partial charge is 0.332 e. The van der Waals surface area contributed by atoms with E-state index in [1.54, 1.807) is 11.7 Å². The van der Waals surface area contributed by atoms with E-state index in [1.807, 2.05) is 42.7 Å². The molecule has 30 heavy (non-hydrogen) atoms. The van der Waals surface area contributed by atoms with Crippen molar-refractivity contribution >= 4 is 17.1 Å². The van der Waals surface area contributed by atoms with E-state index < -0.39 is 0 Å². The van der Waals surface area contributed by atoms with Crippen LogP contribution in [0.4, 0.5) is 5.95 Å². The van der Waals surface area contributed by atoms with Gasteiger partial charge in [-0.25, -0.2) is 4.79 Å². The highest BCUT2D eigenvalue weighted by atomic mass is 16.5. The van der Waals surface area contributed by atoms with Gasteiger partial charge in [-0.1, -0.05) is 25.0 Å². The number of rotatable bonds is 7. The molecule has 1 fully saturated rings. The van der Waals surface area contributed by atoms with E-state index in [0.29, 0.717) is 42.8 Å². The number of hydrogen-bond acceptors (Lipinski definition) is 5. The lowest BCUT2D eigenvalue weighted by molar-refractivity contribution is 0.414. The second-order valence-electron chi connectivity index (χ2n) is 7.74. The highest BCUT2D eigenvalue weighted by molar-refractivity contribution is 5.74. The topological polar surface area (TPSA) is 83.1 Å². The SMILES string of the molecule is CCn1c(=O)c2c(nc(NC3CCCC3)n2Cc2ccc(OC)cc2)n(CC)c1=O. The van der Waals surface area contributed by atoms with Crippen molar-refractivity contribution < 1.29 is 4.74 Å². The van der Waals surface area contributed by atoms with Crippen LogP contribution in [-0.2, 0) is 19.6 Å². The predicted octanol–water partition coefficient (Wildman–Crippen LogP) is 2.81. The first kappa shape index (κ1) is 20.3. The van der Waals surface area contributed by atoms with Crippen molar-refractivity contribution in [2.45, 2.75) is 65.2 Å². The largest absolute Gasteiger partial charge is 0.497 e. The molecule has 0 radical (unpaired) electrons. The second-order valence-corrected chi connectivity index (χ2v) is 7.74. The van der Waals surface area contributed by atoms with Gasteiger partial charge in [-0.3, -0.25) is 18.5 Å². The summed E-state index contributed by atoms with van der Waals surface area (Å²) in [6.07, 6.45) is 4.56. The highest BCUT2D eigenvalue weighted by Crippen LogP contribution is 2.25. The quantitative estimate of drug-likeness (QED) is 0.646. The number of nitrogens with one attached hydrogen (secondary N) is 1. The zero-order valence-electron chi connectivity index (χ0n) is 17.9. The summed E-state index contributed by atoms with van der Waals surface area (Å²) in [5, 5.41) is 3.54. The number of methoxy groups -OCH3 is 1. The van der Waals surface area contributed by atoms with Gasteiger partial charge in [-0.2, -0.15) is 4.98 Å². The van der Waals surface area contributed by atoms with Gasteiger partial charge in [0.05, 0.1) is 13.7 Å². The van der Waals surface area contributed by atoms with Gasteiger partial charge in [0, 0.05) is 19.1 Å². The lowest BCUT2D eigenvalue weighted by Gasteiger charge is -2.15. The summed E-state index contributed by atoms with van der Waals surface area (Å²) in [4.78, 5) is 30.8. The lowest BCUT2D eigenvalue weighted by Crippen LogP contribution is -2.40. The number of hydrogen-bond donors (Lipinski definition) is 1. The molecule has 3 aromatic rings. The van der Waals surface area contributed by atoms with E-state index in [9.17, 15) is 9.59 Å². The molecule has 0 bridgehead atoms. The highest BCUT2D eigenvalue weighted by Gasteiger charge is 2.23. The summed E-state index contributed by atoms with van der Waals surface area (Å²) in [6, 6.07) is 8.12. The third-order valence-electron chi connectivity index (χ3n) is 5.93. The maximum Gasteiger partial charge on any atom is 0.332 e. The Balaban J connectivity index is 1.90. The molecule has 4 rings (SSSR count). The molecule has 2 heterocycles. The molecule has 1 aromatic carbocycles. The van der Waals surface area contributed by atoms with Gasteiger partial charge >= 0.3 is 5.69 Å². The Morgan fingerprint density at radius 1 is 1.03 bits per heavy atom. The minimum Gasteiger partial charge on any atom is -0.497 e. The van der Waals surface area contributed by atoms with Gasteiger partial charge in [0.15, 0.2) is 11.2 Å². The summed E-state index contributed by atoms with van der Waals surface area (Å²) < 4.78 is 10.1. The van der Waals surface area contributed by atoms with Crippen molar-refractivity contribution in [3.63, 3.8) is 0 Å². The van der Waals surface area contributed by atoms with Gasteiger partial charge in [0.25, 0.3) is 5.56 Å². The summed E-state index contributed by atoms with van der Waals surface area (Å²) in [5.74, 6) is 1.44. The molecule has 1 saturated carbocycles. The van der Waals surface area contributed by atoms with Gasteiger partial charge in [-0.05, 0) is 44.4 Å². The van der Waals surface area contributed by atoms with Gasteiger partial charge in [0.1, 0.15) is 5.75 Å². The average molecular weight is 412 g/mol. The maximum absolute atomic E-state index is 13.3. The molecule has 8 nitrogen and oxygen atoms in total. The van der Waals surface area contributed by atoms with E-state index in [1.165, 1.54) is 17.4 Å². The van der Waals surface area contributed by atoms with E-state index in [4.69, 9.17) is 9.72 Å². The number of anilines is 1. The molecule has 0 saturated heterocycles. The molecule has 0 unspecified atom stereocenters. The zero-order valence-corrected chi connectivity index (χ0v) is 17.9. The van der Waals surface area contributed by atoms with E-state index in [0.717, 1.165) is 24.2 Å². The molecule has 2 aromatic heterocycles. The zero-order chi connectivity index (χ0) is 21.3. The van der Waals surface area contributed by atoms with Crippen LogP contribution < -0.4 is 21.3 Å². The van der Waals surface area contributed by atoms with Crippen molar-refractivity contribution in [1.29, 1.82) is 0 Å². The number of nitrogens with zero attached hydrogens (tertiary/aromatic N) is 4. The Labute approximate surface area is 175 Å². The van der Waals surface area contributed by atoms with E-state index >= 15 is 0 Å². The van der Waals surface area contributed by atoms with Crippen LogP contribution in [0.2, 0.25) is 0 Å². The van der Waals surface area contributed by atoms with Gasteiger partial charge in [0.2, 0.25) is 5.95 Å². The Morgan fingerprint density at radius 2 is 1.70 bits per heavy atom. The van der Waals surface area contributed by atoms with Crippen LogP contribution in [0.3, 0.4) is 0 Å². The monoisotopic (exact) mass is 411 g/mol. The first-order valence-electron chi connectivity index (χ1n) is 10.7. The van der Waals surface area contributed by atoms with Crippen LogP contribution in [0.15, 0.2) is 33.9 Å². The first-order chi connectivity index (χ1) is 14.6. The Bertz CT molecular complexity index is 1150. The van der Waals surface area contributed by atoms with Gasteiger partial charge < -0.3 is 10.1 Å². The van der Waals surface area contributed by atoms with Crippen LogP contribution in [0, 0.1) is 0 Å². The number of fused-ring (bicyclic) bond motifs is 1. The number of ether oxygens (including phenoxy) is 1. The normalized spacial score (nSPS) is 14.5. The summed E-state index contributed by atoms with van der Waals surface area (Å²) in [6.45, 7) is 4.98. The van der Waals surface area contributed by atoms with Crippen LogP contribution in [0.1, 0.15) is 45.1 Å². The number of benzene rings is 1. The minimum absolute atomic E-state index is 0.289. The fraction of sp³-hybridized carbons (Fsp3) is 0.500. The number of aryl methyl sites for hydroxylation is 1. The number of aromatic nitrogens is 4. The molecule has 0 amide bonds. The Kier molecular flexibility index (Phi) is 5.65. The van der Waals surface area contributed by atoms with E-state index in [-0.39, 0.29) is 11.2 Å². The molecule has 8 heteroatoms. The summed E-state index contributed by atoms with van der Waals surface area (Å²) in [7, 11) is 1.64. The molecule has 0 atom stereocenters. The first-order valence-corrected chi connectivity index (χ1v) is 10.7. The third kappa shape index (κ3) is 3.51. The van der Waals surface area contributed by atoms with Crippen molar-refractivity contribution in [1.82, 2.24) is 18.7 Å². The van der Waals surface area contributed by atoms with Crippen molar-refractivity contribution in [2.24, 2.45) is 0 Å². The van der Waals surface area contributed by atoms with Crippen LogP contribution in [0.5, 0.6) is 5.75 Å². The van der Waals surface area contributed by atoms with Crippen molar-refractivity contribution in [2.75, 3.05) is 12.4 Å². The maximum atomic E-state index is 13.3. The average Bonchev–Trinajstić information content (AvgIpc) is 3.38. The molecule has 0 spiro atoms. The molecule has 0 aliphatic heterocycles. The minimum atomic E-state index is -0.306. The van der Waals surface area contributed by atoms with Crippen LogP contribution in [0.25, 0.3) is 11.2 Å². The second kappa shape index (κ2) is 8.38. The predicted molar refractivity (Wildman–Crippen MR) is 118 cm³/mol. The standard InChI is InChI=1S/C22H29N5O3/c1-4-25-19-18(20(28)26(5-2)22(25)29)27(14-15-10-12-17(30-3)13-11-15)21(24-19)23-16-8-6-7-9-16/h10-13,16H,4-9,14H2,1-3H3,(H,23,24). The molecule has 160 valence electrons. The molecule has 1 N–H and O–H groups in total. The summed E-state index contributed by atoms with van der Waals surface area (Å²) in [5.41, 5.74) is 1.35. The molecule has 1 aliphatic rings. The van der Waals surface area contributed by atoms with E-state index in [2.05, 4.69) is 5.32 Å². The Morgan fingerprint density at radius 3 is 2.30 bits per heavy atom. The summed E-state index contributed by atoms with van der Waals surface area (Å²) >= 11 is 0. The number of imidazole rings is 1. The Hall–Kier alpha value is -3.03. The molecule has 1 aliphatic carbocycles. The fourth-order valence-electron chi connectivity index (χ4n) is 4.28. The fourth-order valence-corrected chi connectivity index (χ4v) is 4.28. The van der Waals surface area contributed by atoms with Crippen molar-refractivity contribution in [3.05, 3.63) is 50.7 Å².